The van der Waals surface area contributed by atoms with Gasteiger partial charge in [-0.15, -0.1) is 0 Å². The van der Waals surface area contributed by atoms with Crippen LogP contribution in [-0.2, 0) is 11.2 Å². The highest BCUT2D eigenvalue weighted by atomic mass is 16.5. The summed E-state index contributed by atoms with van der Waals surface area (Å²) in [5.41, 5.74) is 3.20. The number of aromatic carboxylic acids is 1. The van der Waals surface area contributed by atoms with E-state index < -0.39 is 5.97 Å². The number of fused-ring (bicyclic) bond motifs is 3. The van der Waals surface area contributed by atoms with E-state index in [2.05, 4.69) is 16.0 Å². The number of aromatic nitrogens is 1. The zero-order valence-corrected chi connectivity index (χ0v) is 12.6. The van der Waals surface area contributed by atoms with Crippen LogP contribution in [-0.4, -0.2) is 52.8 Å². The van der Waals surface area contributed by atoms with E-state index in [1.54, 1.807) is 0 Å². The van der Waals surface area contributed by atoms with Crippen LogP contribution in [0.3, 0.4) is 0 Å². The number of benzene rings is 1. The number of aryl methyl sites for hydroxylation is 1. The smallest absolute Gasteiger partial charge is 0.338 e. The Morgan fingerprint density at radius 3 is 3.05 bits per heavy atom. The Morgan fingerprint density at radius 1 is 1.50 bits per heavy atom. The minimum atomic E-state index is -0.866. The van der Waals surface area contributed by atoms with Crippen LogP contribution in [0.2, 0.25) is 0 Å². The SMILES string of the molecule is Cc1[nH]c2ccc(CCN3CC4CC3CO4)cc2c1C(=O)O. The summed E-state index contributed by atoms with van der Waals surface area (Å²) in [4.78, 5) is 17.1. The lowest BCUT2D eigenvalue weighted by Gasteiger charge is -2.26. The van der Waals surface area contributed by atoms with Gasteiger partial charge in [0.15, 0.2) is 0 Å². The maximum absolute atomic E-state index is 11.4. The first-order chi connectivity index (χ1) is 10.6. The molecule has 0 saturated carbocycles. The second-order valence-electron chi connectivity index (χ2n) is 6.40. The lowest BCUT2D eigenvalue weighted by atomic mass is 10.1. The molecule has 2 N–H and O–H groups in total. The zero-order chi connectivity index (χ0) is 15.3. The molecule has 0 amide bonds. The number of hydrogen-bond acceptors (Lipinski definition) is 3. The van der Waals surface area contributed by atoms with Gasteiger partial charge in [-0.2, -0.15) is 0 Å². The number of carboxylic acid groups (broad SMARTS) is 1. The number of carbonyl (C=O) groups is 1. The number of nitrogens with one attached hydrogen (secondary N) is 1. The summed E-state index contributed by atoms with van der Waals surface area (Å²) < 4.78 is 5.63. The lowest BCUT2D eigenvalue weighted by Crippen LogP contribution is -2.38. The normalized spacial score (nSPS) is 24.4. The number of carboxylic acids is 1. The fourth-order valence-corrected chi connectivity index (χ4v) is 3.83. The van der Waals surface area contributed by atoms with E-state index in [0.717, 1.165) is 37.0 Å². The van der Waals surface area contributed by atoms with Crippen LogP contribution < -0.4 is 0 Å². The molecule has 2 aliphatic heterocycles. The molecule has 0 spiro atoms. The third kappa shape index (κ3) is 2.21. The number of rotatable bonds is 4. The number of nitrogens with zero attached hydrogens (tertiary/aromatic N) is 1. The maximum atomic E-state index is 11.4. The molecule has 5 nitrogen and oxygen atoms in total. The van der Waals surface area contributed by atoms with Crippen LogP contribution >= 0.6 is 0 Å². The molecule has 5 heteroatoms. The van der Waals surface area contributed by atoms with Crippen molar-refractivity contribution < 1.29 is 14.6 Å². The summed E-state index contributed by atoms with van der Waals surface area (Å²) in [7, 11) is 0. The second-order valence-corrected chi connectivity index (χ2v) is 6.40. The van der Waals surface area contributed by atoms with Gasteiger partial charge in [0.05, 0.1) is 18.3 Å². The van der Waals surface area contributed by atoms with Crippen molar-refractivity contribution in [2.24, 2.45) is 0 Å². The molecule has 2 atom stereocenters. The van der Waals surface area contributed by atoms with Gasteiger partial charge in [0.1, 0.15) is 0 Å². The van der Waals surface area contributed by atoms with Crippen LogP contribution in [0.1, 0.15) is 28.0 Å². The highest BCUT2D eigenvalue weighted by Gasteiger charge is 2.38. The molecule has 2 bridgehead atoms. The quantitative estimate of drug-likeness (QED) is 0.908. The van der Waals surface area contributed by atoms with E-state index in [1.165, 1.54) is 12.0 Å². The minimum Gasteiger partial charge on any atom is -0.478 e. The minimum absolute atomic E-state index is 0.394. The maximum Gasteiger partial charge on any atom is 0.338 e. The van der Waals surface area contributed by atoms with E-state index in [9.17, 15) is 9.90 Å². The van der Waals surface area contributed by atoms with Gasteiger partial charge in [0.2, 0.25) is 0 Å². The number of morpholine rings is 1. The molecule has 1 aromatic carbocycles. The molecule has 2 aliphatic rings. The predicted octanol–water partition coefficient (Wildman–Crippen LogP) is 2.19. The summed E-state index contributed by atoms with van der Waals surface area (Å²) in [5.74, 6) is -0.866. The molecule has 2 saturated heterocycles. The van der Waals surface area contributed by atoms with Gasteiger partial charge in [-0.3, -0.25) is 4.90 Å². The van der Waals surface area contributed by atoms with Crippen molar-refractivity contribution in [2.45, 2.75) is 31.9 Å². The highest BCUT2D eigenvalue weighted by Crippen LogP contribution is 2.28. The van der Waals surface area contributed by atoms with Crippen LogP contribution in [0.15, 0.2) is 18.2 Å². The summed E-state index contributed by atoms with van der Waals surface area (Å²) in [6, 6.07) is 6.68. The summed E-state index contributed by atoms with van der Waals surface area (Å²) >= 11 is 0. The molecule has 2 aromatic rings. The van der Waals surface area contributed by atoms with E-state index in [-0.39, 0.29) is 0 Å². The summed E-state index contributed by atoms with van der Waals surface area (Å²) in [6.07, 6.45) is 2.54. The highest BCUT2D eigenvalue weighted by molar-refractivity contribution is 6.04. The predicted molar refractivity (Wildman–Crippen MR) is 83.4 cm³/mol. The standard InChI is InChI=1S/C17H20N2O3/c1-10-16(17(20)21)14-6-11(2-3-15(14)18-10)4-5-19-8-13-7-12(19)9-22-13/h2-3,6,12-13,18H,4-5,7-9H2,1H3,(H,20,21). The largest absolute Gasteiger partial charge is 0.478 e. The van der Waals surface area contributed by atoms with Crippen LogP contribution in [0.25, 0.3) is 10.9 Å². The molecule has 1 aromatic heterocycles. The molecule has 0 radical (unpaired) electrons. The summed E-state index contributed by atoms with van der Waals surface area (Å²) in [6.45, 7) is 4.73. The van der Waals surface area contributed by atoms with Crippen molar-refractivity contribution in [2.75, 3.05) is 19.7 Å². The van der Waals surface area contributed by atoms with Gasteiger partial charge in [0, 0.05) is 35.7 Å². The van der Waals surface area contributed by atoms with Crippen molar-refractivity contribution in [3.8, 4) is 0 Å². The fourth-order valence-electron chi connectivity index (χ4n) is 3.83. The Kier molecular flexibility index (Phi) is 3.20. The van der Waals surface area contributed by atoms with E-state index >= 15 is 0 Å². The molecular weight excluding hydrogens is 280 g/mol. The van der Waals surface area contributed by atoms with E-state index in [4.69, 9.17) is 4.74 Å². The first-order valence-electron chi connectivity index (χ1n) is 7.82. The lowest BCUT2D eigenvalue weighted by molar-refractivity contribution is 0.0311. The molecule has 116 valence electrons. The number of H-pyrrole nitrogens is 1. The van der Waals surface area contributed by atoms with Crippen LogP contribution in [0, 0.1) is 6.92 Å². The molecule has 4 rings (SSSR count). The number of ether oxygens (including phenoxy) is 1. The van der Waals surface area contributed by atoms with E-state index in [0.29, 0.717) is 23.4 Å². The Bertz CT molecular complexity index is 737. The average molecular weight is 300 g/mol. The van der Waals surface area contributed by atoms with Crippen LogP contribution in [0.4, 0.5) is 0 Å². The van der Waals surface area contributed by atoms with Gasteiger partial charge >= 0.3 is 5.97 Å². The van der Waals surface area contributed by atoms with Crippen molar-refractivity contribution in [1.82, 2.24) is 9.88 Å². The van der Waals surface area contributed by atoms with Crippen molar-refractivity contribution >= 4 is 16.9 Å². The summed E-state index contributed by atoms with van der Waals surface area (Å²) in [5, 5.41) is 10.2. The Balaban J connectivity index is 1.54. The molecular formula is C17H20N2O3. The van der Waals surface area contributed by atoms with Gasteiger partial charge in [-0.25, -0.2) is 4.79 Å². The van der Waals surface area contributed by atoms with Gasteiger partial charge in [-0.05, 0) is 37.5 Å². The third-order valence-corrected chi connectivity index (χ3v) is 4.97. The number of hydrogen-bond donors (Lipinski definition) is 2. The van der Waals surface area contributed by atoms with Gasteiger partial charge < -0.3 is 14.8 Å². The topological polar surface area (TPSA) is 65.6 Å². The number of likely N-dealkylation sites (tertiary alicyclic amines) is 1. The first-order valence-corrected chi connectivity index (χ1v) is 7.82. The van der Waals surface area contributed by atoms with Gasteiger partial charge in [-0.1, -0.05) is 6.07 Å². The molecule has 22 heavy (non-hydrogen) atoms. The van der Waals surface area contributed by atoms with E-state index in [1.807, 2.05) is 19.1 Å². The first kappa shape index (κ1) is 13.8. The molecule has 0 aliphatic carbocycles. The van der Waals surface area contributed by atoms with Crippen molar-refractivity contribution in [1.29, 1.82) is 0 Å². The Morgan fingerprint density at radius 2 is 2.36 bits per heavy atom. The molecule has 2 fully saturated rings. The second kappa shape index (κ2) is 5.11. The third-order valence-electron chi connectivity index (χ3n) is 4.97. The Hall–Kier alpha value is -1.85. The van der Waals surface area contributed by atoms with Crippen LogP contribution in [0.5, 0.6) is 0 Å². The molecule has 3 heterocycles. The fraction of sp³-hybridized carbons (Fsp3) is 0.471. The molecule has 2 unspecified atom stereocenters. The number of aromatic amines is 1. The van der Waals surface area contributed by atoms with Crippen molar-refractivity contribution in [3.05, 3.63) is 35.0 Å². The van der Waals surface area contributed by atoms with Gasteiger partial charge in [0.25, 0.3) is 0 Å². The average Bonchev–Trinajstić information content (AvgIpc) is 3.16. The Labute approximate surface area is 128 Å². The van der Waals surface area contributed by atoms with Crippen molar-refractivity contribution in [3.63, 3.8) is 0 Å². The monoisotopic (exact) mass is 300 g/mol. The zero-order valence-electron chi connectivity index (χ0n) is 12.6.